The van der Waals surface area contributed by atoms with Crippen molar-refractivity contribution in [1.29, 1.82) is 0 Å². The Hall–Kier alpha value is 0.700. The molecule has 0 aromatic carbocycles. The molecular weight excluding hydrogens is 143 g/mol. The van der Waals surface area contributed by atoms with E-state index in [1.807, 2.05) is 6.92 Å². The topological polar surface area (TPSA) is 40.5 Å². The summed E-state index contributed by atoms with van der Waals surface area (Å²) in [5.41, 5.74) is 0. The van der Waals surface area contributed by atoms with Gasteiger partial charge in [0.15, 0.2) is 0 Å². The molecule has 0 atom stereocenters. The fourth-order valence-electron chi connectivity index (χ4n) is 0.414. The van der Waals surface area contributed by atoms with Crippen LogP contribution in [-0.2, 0) is 0 Å². The molecule has 52 valence electrons. The quantitative estimate of drug-likeness (QED) is 0.424. The summed E-state index contributed by atoms with van der Waals surface area (Å²) in [5.74, 6) is 0. The summed E-state index contributed by atoms with van der Waals surface area (Å²) in [5, 5.41) is 0. The Bertz CT molecular complexity index is 61.5. The first kappa shape index (κ1) is 8.70. The maximum atomic E-state index is 8.71. The molecule has 0 heterocycles. The molecule has 0 unspecified atom stereocenters. The molecule has 4 heteroatoms. The summed E-state index contributed by atoms with van der Waals surface area (Å²) in [7, 11) is 0. The zero-order valence-corrected chi connectivity index (χ0v) is 6.86. The molecule has 0 aromatic heterocycles. The second-order valence-electron chi connectivity index (χ2n) is 1.88. The van der Waals surface area contributed by atoms with E-state index in [0.29, 0.717) is 6.16 Å². The Morgan fingerprint density at radius 3 is 2.12 bits per heavy atom. The first-order valence-corrected chi connectivity index (χ1v) is 6.12. The molecule has 0 aliphatic rings. The van der Waals surface area contributed by atoms with E-state index in [0.717, 1.165) is 12.8 Å². The van der Waals surface area contributed by atoms with Gasteiger partial charge in [0.1, 0.15) is 0 Å². The Kier molecular flexibility index (Phi) is 4.00. The molecule has 2 nitrogen and oxygen atoms in total. The third-order valence-corrected chi connectivity index (χ3v) is 2.56. The number of hydrogen-bond donors (Lipinski definition) is 3. The molecule has 0 spiro atoms. The standard InChI is InChI=1S/C4H13O2PS/c1-2-3-4-7(5,6)8/h5-8H,2-4H2,1H3. The van der Waals surface area contributed by atoms with Crippen molar-refractivity contribution in [3.8, 4) is 0 Å². The minimum absolute atomic E-state index is 0.479. The third-order valence-electron chi connectivity index (χ3n) is 0.866. The fourth-order valence-corrected chi connectivity index (χ4v) is 1.72. The first-order chi connectivity index (χ1) is 3.56. The van der Waals surface area contributed by atoms with Crippen molar-refractivity contribution in [3.63, 3.8) is 0 Å². The Labute approximate surface area is 55.6 Å². The minimum atomic E-state index is -2.98. The van der Waals surface area contributed by atoms with Gasteiger partial charge >= 0.3 is 54.9 Å². The van der Waals surface area contributed by atoms with E-state index in [1.54, 1.807) is 0 Å². The molecule has 2 N–H and O–H groups in total. The van der Waals surface area contributed by atoms with Crippen LogP contribution in [0.2, 0.25) is 0 Å². The van der Waals surface area contributed by atoms with Gasteiger partial charge < -0.3 is 0 Å². The van der Waals surface area contributed by atoms with Crippen LogP contribution in [-0.4, -0.2) is 15.9 Å². The Morgan fingerprint density at radius 1 is 1.50 bits per heavy atom. The molecular formula is C4H13O2PS. The van der Waals surface area contributed by atoms with Crippen molar-refractivity contribution in [2.75, 3.05) is 6.16 Å². The molecule has 0 aliphatic heterocycles. The van der Waals surface area contributed by atoms with Crippen LogP contribution < -0.4 is 0 Å². The molecule has 0 rings (SSSR count). The van der Waals surface area contributed by atoms with E-state index in [1.165, 1.54) is 0 Å². The van der Waals surface area contributed by atoms with Gasteiger partial charge in [0.25, 0.3) is 0 Å². The van der Waals surface area contributed by atoms with Crippen LogP contribution in [0.1, 0.15) is 19.8 Å². The van der Waals surface area contributed by atoms with Crippen molar-refractivity contribution < 1.29 is 9.79 Å². The zero-order chi connectivity index (χ0) is 6.62. The fraction of sp³-hybridized carbons (Fsp3) is 1.00. The summed E-state index contributed by atoms with van der Waals surface area (Å²) in [6, 6.07) is 0. The molecule has 0 saturated heterocycles. The average Bonchev–Trinajstić information content (AvgIpc) is 1.59. The van der Waals surface area contributed by atoms with Gasteiger partial charge in [0, 0.05) is 0 Å². The zero-order valence-electron chi connectivity index (χ0n) is 4.96. The van der Waals surface area contributed by atoms with E-state index in [2.05, 4.69) is 12.2 Å². The summed E-state index contributed by atoms with van der Waals surface area (Å²) >= 11 is 3.64. The predicted molar refractivity (Wildman–Crippen MR) is 41.5 cm³/mol. The van der Waals surface area contributed by atoms with Gasteiger partial charge in [-0.2, -0.15) is 0 Å². The summed E-state index contributed by atoms with van der Waals surface area (Å²) < 4.78 is 0. The molecule has 0 radical (unpaired) electrons. The molecule has 8 heavy (non-hydrogen) atoms. The SMILES string of the molecule is CCCC[PH](O)(O)S. The van der Waals surface area contributed by atoms with E-state index in [4.69, 9.17) is 9.79 Å². The van der Waals surface area contributed by atoms with Crippen LogP contribution in [0.3, 0.4) is 0 Å². The Balaban J connectivity index is 3.11. The number of hydrogen-bond acceptors (Lipinski definition) is 3. The van der Waals surface area contributed by atoms with Crippen molar-refractivity contribution in [2.24, 2.45) is 0 Å². The first-order valence-electron chi connectivity index (χ1n) is 2.73. The van der Waals surface area contributed by atoms with Crippen molar-refractivity contribution in [2.45, 2.75) is 19.8 Å². The summed E-state index contributed by atoms with van der Waals surface area (Å²) in [4.78, 5) is 17.4. The normalized spacial score (nSPS) is 14.0. The second-order valence-corrected chi connectivity index (χ2v) is 6.08. The summed E-state index contributed by atoms with van der Waals surface area (Å²) in [6.45, 7) is -0.976. The summed E-state index contributed by atoms with van der Waals surface area (Å²) in [6.07, 6.45) is 2.34. The predicted octanol–water partition coefficient (Wildman–Crippen LogP) is 1.20. The van der Waals surface area contributed by atoms with Gasteiger partial charge in [-0.15, -0.1) is 0 Å². The number of unbranched alkanes of at least 4 members (excludes halogenated alkanes) is 1. The van der Waals surface area contributed by atoms with Gasteiger partial charge in [0.2, 0.25) is 0 Å². The van der Waals surface area contributed by atoms with E-state index >= 15 is 0 Å². The molecule has 0 amide bonds. The van der Waals surface area contributed by atoms with Crippen molar-refractivity contribution in [1.82, 2.24) is 0 Å². The van der Waals surface area contributed by atoms with Gasteiger partial charge in [-0.1, -0.05) is 0 Å². The monoisotopic (exact) mass is 156 g/mol. The van der Waals surface area contributed by atoms with Crippen LogP contribution in [0.5, 0.6) is 0 Å². The van der Waals surface area contributed by atoms with Gasteiger partial charge in [-0.25, -0.2) is 0 Å². The van der Waals surface area contributed by atoms with E-state index < -0.39 is 6.92 Å². The molecule has 0 bridgehead atoms. The average molecular weight is 156 g/mol. The van der Waals surface area contributed by atoms with Gasteiger partial charge in [0.05, 0.1) is 0 Å². The van der Waals surface area contributed by atoms with E-state index in [9.17, 15) is 0 Å². The van der Waals surface area contributed by atoms with Crippen LogP contribution in [0, 0.1) is 0 Å². The Morgan fingerprint density at radius 2 is 2.00 bits per heavy atom. The molecule has 0 aliphatic carbocycles. The second kappa shape index (κ2) is 3.67. The van der Waals surface area contributed by atoms with Gasteiger partial charge in [-0.05, 0) is 0 Å². The number of rotatable bonds is 3. The number of thiol groups is 1. The molecule has 0 saturated carbocycles. The van der Waals surface area contributed by atoms with E-state index in [-0.39, 0.29) is 0 Å². The van der Waals surface area contributed by atoms with Crippen molar-refractivity contribution >= 4 is 19.2 Å². The van der Waals surface area contributed by atoms with Crippen LogP contribution >= 0.6 is 19.2 Å². The van der Waals surface area contributed by atoms with Crippen molar-refractivity contribution in [3.05, 3.63) is 0 Å². The van der Waals surface area contributed by atoms with Gasteiger partial charge in [-0.3, -0.25) is 0 Å². The third kappa shape index (κ3) is 6.70. The maximum absolute atomic E-state index is 8.71. The van der Waals surface area contributed by atoms with Crippen LogP contribution in [0.15, 0.2) is 0 Å². The van der Waals surface area contributed by atoms with Crippen LogP contribution in [0.4, 0.5) is 0 Å². The van der Waals surface area contributed by atoms with Crippen LogP contribution in [0.25, 0.3) is 0 Å². The molecule has 0 aromatic rings. The molecule has 0 fully saturated rings.